The summed E-state index contributed by atoms with van der Waals surface area (Å²) in [6.45, 7) is 3.57. The molecule has 3 unspecified atom stereocenters. The van der Waals surface area contributed by atoms with Crippen molar-refractivity contribution in [2.75, 3.05) is 19.0 Å². The average Bonchev–Trinajstić information content (AvgIpc) is 2.95. The Hall–Kier alpha value is -1.26. The van der Waals surface area contributed by atoms with Gasteiger partial charge in [-0.3, -0.25) is 0 Å². The highest BCUT2D eigenvalue weighted by atomic mass is 35.5. The van der Waals surface area contributed by atoms with Crippen molar-refractivity contribution in [1.82, 2.24) is 4.90 Å². The van der Waals surface area contributed by atoms with Gasteiger partial charge in [-0.2, -0.15) is 0 Å². The largest absolute Gasteiger partial charge is 0.378 e. The number of nitrogens with one attached hydrogen (secondary N) is 1. The first-order valence-corrected chi connectivity index (χ1v) is 7.94. The number of carbonyl (C=O) groups is 1. The molecule has 1 aromatic rings. The molecule has 1 aromatic carbocycles. The van der Waals surface area contributed by atoms with Crippen molar-refractivity contribution in [2.45, 2.75) is 37.8 Å². The van der Waals surface area contributed by atoms with Crippen LogP contribution in [0.4, 0.5) is 10.5 Å². The molecule has 0 aliphatic carbocycles. The van der Waals surface area contributed by atoms with Gasteiger partial charge in [-0.25, -0.2) is 4.79 Å². The molecule has 114 valence electrons. The zero-order valence-electron chi connectivity index (χ0n) is 12.4. The Balaban J connectivity index is 1.83. The Kier molecular flexibility index (Phi) is 4.09. The zero-order chi connectivity index (χ0) is 15.0. The Morgan fingerprint density at radius 2 is 2.33 bits per heavy atom. The maximum atomic E-state index is 11.6. The molecular formula is C16H21ClN2O2. The average molecular weight is 309 g/mol. The van der Waals surface area contributed by atoms with E-state index in [1.165, 1.54) is 0 Å². The molecule has 5 heteroatoms. The molecule has 0 saturated carbocycles. The maximum Gasteiger partial charge on any atom is 0.321 e. The normalized spacial score (nSPS) is 26.4. The maximum absolute atomic E-state index is 11.6. The number of amides is 2. The third-order valence-electron chi connectivity index (χ3n) is 4.48. The number of fused-ring (bicyclic) bond motifs is 1. The highest BCUT2D eigenvalue weighted by Crippen LogP contribution is 2.40. The summed E-state index contributed by atoms with van der Waals surface area (Å²) in [5.74, 6) is 0.366. The molecule has 1 fully saturated rings. The van der Waals surface area contributed by atoms with Crippen molar-refractivity contribution in [3.8, 4) is 0 Å². The summed E-state index contributed by atoms with van der Waals surface area (Å²) in [6.07, 6.45) is 2.27. The van der Waals surface area contributed by atoms with E-state index in [0.29, 0.717) is 12.5 Å². The number of anilines is 1. The van der Waals surface area contributed by atoms with E-state index in [2.05, 4.69) is 18.3 Å². The molecule has 2 aliphatic rings. The third kappa shape index (κ3) is 2.74. The Morgan fingerprint density at radius 3 is 3.10 bits per heavy atom. The lowest BCUT2D eigenvalue weighted by Gasteiger charge is -2.28. The van der Waals surface area contributed by atoms with Gasteiger partial charge in [-0.1, -0.05) is 19.1 Å². The Bertz CT molecular complexity index is 549. The van der Waals surface area contributed by atoms with Crippen LogP contribution in [0.3, 0.4) is 0 Å². The summed E-state index contributed by atoms with van der Waals surface area (Å²) in [7, 11) is 1.79. The monoisotopic (exact) mass is 308 g/mol. The van der Waals surface area contributed by atoms with E-state index in [9.17, 15) is 4.79 Å². The second-order valence-corrected chi connectivity index (χ2v) is 6.34. The van der Waals surface area contributed by atoms with Crippen molar-refractivity contribution in [3.05, 3.63) is 29.3 Å². The van der Waals surface area contributed by atoms with Gasteiger partial charge in [0.1, 0.15) is 0 Å². The number of benzene rings is 1. The predicted molar refractivity (Wildman–Crippen MR) is 83.7 cm³/mol. The number of ether oxygens (including phenoxy) is 1. The van der Waals surface area contributed by atoms with E-state index in [1.807, 2.05) is 12.1 Å². The van der Waals surface area contributed by atoms with Crippen LogP contribution in [0, 0.1) is 5.92 Å². The quantitative estimate of drug-likeness (QED) is 0.864. The van der Waals surface area contributed by atoms with Crippen LogP contribution in [0.25, 0.3) is 0 Å². The minimum absolute atomic E-state index is 0.0364. The SMILES string of the molecule is CCC1OCCC1C(Cl)c1ccc2c(c1)CN(C)C(=O)N2. The number of nitrogens with zero attached hydrogens (tertiary/aromatic N) is 1. The van der Waals surface area contributed by atoms with Crippen LogP contribution in [0.5, 0.6) is 0 Å². The molecule has 2 amide bonds. The summed E-state index contributed by atoms with van der Waals surface area (Å²) >= 11 is 6.71. The van der Waals surface area contributed by atoms with Crippen LogP contribution in [0.15, 0.2) is 18.2 Å². The lowest BCUT2D eigenvalue weighted by molar-refractivity contribution is 0.0864. The Morgan fingerprint density at radius 1 is 1.52 bits per heavy atom. The molecule has 0 spiro atoms. The summed E-state index contributed by atoms with van der Waals surface area (Å²) in [5, 5.41) is 2.85. The highest BCUT2D eigenvalue weighted by molar-refractivity contribution is 6.21. The van der Waals surface area contributed by atoms with Gasteiger partial charge in [-0.15, -0.1) is 11.6 Å². The van der Waals surface area contributed by atoms with Gasteiger partial charge >= 0.3 is 6.03 Å². The molecule has 2 aliphatic heterocycles. The van der Waals surface area contributed by atoms with Crippen LogP contribution in [-0.2, 0) is 11.3 Å². The van der Waals surface area contributed by atoms with E-state index < -0.39 is 0 Å². The molecule has 3 rings (SSSR count). The molecule has 1 N–H and O–H groups in total. The number of alkyl halides is 1. The first kappa shape index (κ1) is 14.7. The first-order valence-electron chi connectivity index (χ1n) is 7.50. The van der Waals surface area contributed by atoms with Crippen molar-refractivity contribution in [1.29, 1.82) is 0 Å². The van der Waals surface area contributed by atoms with Gasteiger partial charge < -0.3 is 15.0 Å². The Labute approximate surface area is 130 Å². The van der Waals surface area contributed by atoms with Gasteiger partial charge in [-0.05, 0) is 30.0 Å². The number of rotatable bonds is 3. The smallest absolute Gasteiger partial charge is 0.321 e. The fraction of sp³-hybridized carbons (Fsp3) is 0.562. The van der Waals surface area contributed by atoms with Crippen molar-refractivity contribution in [2.24, 2.45) is 5.92 Å². The number of halogens is 1. The molecule has 0 bridgehead atoms. The van der Waals surface area contributed by atoms with Crippen LogP contribution in [0.1, 0.15) is 36.3 Å². The van der Waals surface area contributed by atoms with Gasteiger partial charge in [0.15, 0.2) is 0 Å². The van der Waals surface area contributed by atoms with Crippen LogP contribution < -0.4 is 5.32 Å². The minimum Gasteiger partial charge on any atom is -0.378 e. The van der Waals surface area contributed by atoms with Crippen molar-refractivity contribution >= 4 is 23.3 Å². The highest BCUT2D eigenvalue weighted by Gasteiger charge is 2.34. The topological polar surface area (TPSA) is 41.6 Å². The van der Waals surface area contributed by atoms with E-state index in [1.54, 1.807) is 11.9 Å². The molecule has 1 saturated heterocycles. The fourth-order valence-electron chi connectivity index (χ4n) is 3.24. The van der Waals surface area contributed by atoms with Crippen LogP contribution >= 0.6 is 11.6 Å². The molecule has 4 nitrogen and oxygen atoms in total. The van der Waals surface area contributed by atoms with E-state index in [4.69, 9.17) is 16.3 Å². The molecule has 2 heterocycles. The molecule has 0 radical (unpaired) electrons. The minimum atomic E-state index is -0.0621. The van der Waals surface area contributed by atoms with Crippen LogP contribution in [0.2, 0.25) is 0 Å². The van der Waals surface area contributed by atoms with Crippen molar-refractivity contribution in [3.63, 3.8) is 0 Å². The van der Waals surface area contributed by atoms with Gasteiger partial charge in [0.25, 0.3) is 0 Å². The van der Waals surface area contributed by atoms with Crippen LogP contribution in [-0.4, -0.2) is 30.7 Å². The first-order chi connectivity index (χ1) is 10.1. The fourth-order valence-corrected chi connectivity index (χ4v) is 3.67. The number of carbonyl (C=O) groups excluding carboxylic acids is 1. The molecule has 0 aromatic heterocycles. The second kappa shape index (κ2) is 5.85. The van der Waals surface area contributed by atoms with E-state index >= 15 is 0 Å². The van der Waals surface area contributed by atoms with Gasteiger partial charge in [0.05, 0.1) is 11.5 Å². The number of hydrogen-bond acceptors (Lipinski definition) is 2. The van der Waals surface area contributed by atoms with Gasteiger partial charge in [0, 0.05) is 31.8 Å². The summed E-state index contributed by atoms with van der Waals surface area (Å²) < 4.78 is 5.75. The zero-order valence-corrected chi connectivity index (χ0v) is 13.2. The van der Waals surface area contributed by atoms with E-state index in [0.717, 1.165) is 36.3 Å². The lowest BCUT2D eigenvalue weighted by Crippen LogP contribution is -2.35. The summed E-state index contributed by atoms with van der Waals surface area (Å²) in [4.78, 5) is 13.3. The van der Waals surface area contributed by atoms with Crippen molar-refractivity contribution < 1.29 is 9.53 Å². The van der Waals surface area contributed by atoms with E-state index in [-0.39, 0.29) is 17.5 Å². The summed E-state index contributed by atoms with van der Waals surface area (Å²) in [6, 6.07) is 6.04. The summed E-state index contributed by atoms with van der Waals surface area (Å²) in [5.41, 5.74) is 3.13. The lowest BCUT2D eigenvalue weighted by atomic mass is 9.90. The third-order valence-corrected chi connectivity index (χ3v) is 5.06. The van der Waals surface area contributed by atoms with Gasteiger partial charge in [0.2, 0.25) is 0 Å². The molecule has 21 heavy (non-hydrogen) atoms. The molecular weight excluding hydrogens is 288 g/mol. The standard InChI is InChI=1S/C16H21ClN2O2/c1-3-14-12(6-7-21-14)15(17)10-4-5-13-11(8-10)9-19(2)16(20)18-13/h4-5,8,12,14-15H,3,6-7,9H2,1-2H3,(H,18,20). The molecule has 3 atom stereocenters. The number of urea groups is 1. The number of hydrogen-bond donors (Lipinski definition) is 1. The second-order valence-electron chi connectivity index (χ2n) is 5.87. The predicted octanol–water partition coefficient (Wildman–Crippen LogP) is 3.76.